The van der Waals surface area contributed by atoms with Crippen molar-refractivity contribution in [2.24, 2.45) is 0 Å². The molecule has 0 bridgehead atoms. The molecule has 1 heterocycles. The van der Waals surface area contributed by atoms with Gasteiger partial charge in [-0.05, 0) is 20.8 Å². The molecule has 18 heavy (non-hydrogen) atoms. The van der Waals surface area contributed by atoms with E-state index >= 15 is 0 Å². The Morgan fingerprint density at radius 2 is 2.17 bits per heavy atom. The van der Waals surface area contributed by atoms with Crippen molar-refractivity contribution in [3.05, 3.63) is 15.0 Å². The Kier molecular flexibility index (Phi) is 4.53. The predicted molar refractivity (Wildman–Crippen MR) is 67.0 cm³/mol. The third kappa shape index (κ3) is 3.58. The molecule has 1 atom stereocenters. The maximum Gasteiger partial charge on any atom is 0.331 e. The Morgan fingerprint density at radius 1 is 1.56 bits per heavy atom. The van der Waals surface area contributed by atoms with Crippen molar-refractivity contribution in [2.45, 2.75) is 32.4 Å². The Morgan fingerprint density at radius 3 is 2.56 bits per heavy atom. The standard InChI is InChI=1S/C11H17NO5S/c1-11(2,3)17-5-7(9(14)16-4)12-8(13)6-18-10(12)15/h6-7,13H,5H2,1-4H3/t7-/m1/s1. The molecule has 0 aromatic carbocycles. The van der Waals surface area contributed by atoms with Crippen molar-refractivity contribution < 1.29 is 19.4 Å². The zero-order valence-corrected chi connectivity index (χ0v) is 11.6. The molecule has 0 amide bonds. The first-order valence-corrected chi connectivity index (χ1v) is 6.25. The summed E-state index contributed by atoms with van der Waals surface area (Å²) in [6.07, 6.45) is 0. The van der Waals surface area contributed by atoms with E-state index in [0.29, 0.717) is 0 Å². The maximum atomic E-state index is 11.7. The molecule has 0 unspecified atom stereocenters. The second-order valence-corrected chi connectivity index (χ2v) is 5.51. The Hall–Kier alpha value is -1.34. The van der Waals surface area contributed by atoms with Crippen LogP contribution in [0.2, 0.25) is 0 Å². The molecule has 1 aromatic rings. The number of aromatic nitrogens is 1. The largest absolute Gasteiger partial charge is 0.494 e. The smallest absolute Gasteiger partial charge is 0.331 e. The maximum absolute atomic E-state index is 11.7. The molecule has 0 radical (unpaired) electrons. The fraction of sp³-hybridized carbons (Fsp3) is 0.636. The number of nitrogens with zero attached hydrogens (tertiary/aromatic N) is 1. The van der Waals surface area contributed by atoms with Crippen molar-refractivity contribution in [3.63, 3.8) is 0 Å². The number of methoxy groups -OCH3 is 1. The number of carbonyl (C=O) groups excluding carboxylic acids is 1. The summed E-state index contributed by atoms with van der Waals surface area (Å²) in [5, 5.41) is 10.9. The van der Waals surface area contributed by atoms with E-state index in [1.165, 1.54) is 12.5 Å². The molecule has 0 saturated heterocycles. The van der Waals surface area contributed by atoms with Crippen molar-refractivity contribution in [3.8, 4) is 5.88 Å². The van der Waals surface area contributed by atoms with E-state index in [4.69, 9.17) is 4.74 Å². The van der Waals surface area contributed by atoms with Gasteiger partial charge >= 0.3 is 10.8 Å². The van der Waals surface area contributed by atoms with Crippen molar-refractivity contribution >= 4 is 17.3 Å². The number of hydrogen-bond acceptors (Lipinski definition) is 6. The molecule has 1 rings (SSSR count). The van der Waals surface area contributed by atoms with Gasteiger partial charge in [0, 0.05) is 0 Å². The van der Waals surface area contributed by atoms with Crippen LogP contribution in [-0.4, -0.2) is 35.0 Å². The molecule has 0 fully saturated rings. The van der Waals surface area contributed by atoms with Crippen LogP contribution in [0, 0.1) is 0 Å². The summed E-state index contributed by atoms with van der Waals surface area (Å²) in [7, 11) is 1.22. The van der Waals surface area contributed by atoms with Gasteiger partial charge in [0.05, 0.1) is 24.7 Å². The van der Waals surface area contributed by atoms with Crippen LogP contribution >= 0.6 is 11.3 Å². The fourth-order valence-corrected chi connectivity index (χ4v) is 1.96. The molecule has 0 aliphatic rings. The van der Waals surface area contributed by atoms with Crippen LogP contribution in [0.3, 0.4) is 0 Å². The van der Waals surface area contributed by atoms with Crippen molar-refractivity contribution in [2.75, 3.05) is 13.7 Å². The van der Waals surface area contributed by atoms with Crippen molar-refractivity contribution in [1.82, 2.24) is 4.57 Å². The highest BCUT2D eigenvalue weighted by molar-refractivity contribution is 7.07. The van der Waals surface area contributed by atoms with Crippen LogP contribution in [0.4, 0.5) is 0 Å². The number of carbonyl (C=O) groups is 1. The summed E-state index contributed by atoms with van der Waals surface area (Å²) in [5.41, 5.74) is -0.457. The Balaban J connectivity index is 3.00. The normalized spacial score (nSPS) is 13.3. The monoisotopic (exact) mass is 275 g/mol. The van der Waals surface area contributed by atoms with E-state index in [-0.39, 0.29) is 12.5 Å². The molecule has 6 nitrogen and oxygen atoms in total. The van der Waals surface area contributed by atoms with Gasteiger partial charge in [0.15, 0.2) is 6.04 Å². The van der Waals surface area contributed by atoms with Crippen LogP contribution in [0.25, 0.3) is 0 Å². The third-order valence-electron chi connectivity index (χ3n) is 2.17. The lowest BCUT2D eigenvalue weighted by atomic mass is 10.2. The van der Waals surface area contributed by atoms with Gasteiger partial charge in [-0.3, -0.25) is 9.36 Å². The lowest BCUT2D eigenvalue weighted by Gasteiger charge is -2.23. The molecule has 0 aliphatic heterocycles. The van der Waals surface area contributed by atoms with E-state index in [0.717, 1.165) is 15.9 Å². The topological polar surface area (TPSA) is 77.8 Å². The van der Waals surface area contributed by atoms with Gasteiger partial charge in [-0.2, -0.15) is 0 Å². The minimum atomic E-state index is -0.979. The zero-order valence-electron chi connectivity index (χ0n) is 10.8. The number of esters is 1. The molecule has 0 spiro atoms. The molecular weight excluding hydrogens is 258 g/mol. The number of rotatable bonds is 4. The highest BCUT2D eigenvalue weighted by atomic mass is 32.1. The second-order valence-electron chi connectivity index (χ2n) is 4.69. The summed E-state index contributed by atoms with van der Waals surface area (Å²) in [6.45, 7) is 5.45. The zero-order chi connectivity index (χ0) is 13.9. The van der Waals surface area contributed by atoms with Gasteiger partial charge in [-0.1, -0.05) is 11.3 Å². The van der Waals surface area contributed by atoms with Crippen LogP contribution in [0.5, 0.6) is 5.88 Å². The van der Waals surface area contributed by atoms with Crippen LogP contribution in [-0.2, 0) is 14.3 Å². The van der Waals surface area contributed by atoms with Gasteiger partial charge in [-0.25, -0.2) is 4.79 Å². The van der Waals surface area contributed by atoms with Gasteiger partial charge in [0.2, 0.25) is 5.88 Å². The SMILES string of the molecule is COC(=O)[C@@H](COC(C)(C)C)n1c(O)csc1=O. The fourth-order valence-electron chi connectivity index (χ4n) is 1.31. The quantitative estimate of drug-likeness (QED) is 0.834. The second kappa shape index (κ2) is 5.53. The lowest BCUT2D eigenvalue weighted by Crippen LogP contribution is -2.34. The van der Waals surface area contributed by atoms with Gasteiger partial charge in [-0.15, -0.1) is 0 Å². The molecule has 102 valence electrons. The van der Waals surface area contributed by atoms with Crippen LogP contribution < -0.4 is 4.87 Å². The third-order valence-corrected chi connectivity index (χ3v) is 2.89. The number of ether oxygens (including phenoxy) is 2. The van der Waals surface area contributed by atoms with Crippen molar-refractivity contribution in [1.29, 1.82) is 0 Å². The van der Waals surface area contributed by atoms with Crippen LogP contribution in [0.1, 0.15) is 26.8 Å². The minimum Gasteiger partial charge on any atom is -0.494 e. The molecule has 1 N–H and O–H groups in total. The summed E-state index contributed by atoms with van der Waals surface area (Å²) in [5.74, 6) is -0.895. The average Bonchev–Trinajstić information content (AvgIpc) is 2.59. The van der Waals surface area contributed by atoms with Gasteiger partial charge in [0.1, 0.15) is 0 Å². The van der Waals surface area contributed by atoms with Gasteiger partial charge in [0.25, 0.3) is 0 Å². The van der Waals surface area contributed by atoms with E-state index in [2.05, 4.69) is 4.74 Å². The van der Waals surface area contributed by atoms with E-state index in [9.17, 15) is 14.7 Å². The van der Waals surface area contributed by atoms with E-state index in [1.807, 2.05) is 20.8 Å². The summed E-state index contributed by atoms with van der Waals surface area (Å²) in [6, 6.07) is -0.979. The average molecular weight is 275 g/mol. The van der Waals surface area contributed by atoms with Gasteiger partial charge < -0.3 is 14.6 Å². The molecule has 0 saturated carbocycles. The van der Waals surface area contributed by atoms with Crippen LogP contribution in [0.15, 0.2) is 10.2 Å². The minimum absolute atomic E-state index is 0.0413. The number of thiazole rings is 1. The molecule has 0 aliphatic carbocycles. The number of aromatic hydroxyl groups is 1. The molecular formula is C11H17NO5S. The molecule has 1 aromatic heterocycles. The Labute approximate surface area is 109 Å². The Bertz CT molecular complexity index is 471. The predicted octanol–water partition coefficient (Wildman–Crippen LogP) is 1.14. The number of hydrogen-bond donors (Lipinski definition) is 1. The highest BCUT2D eigenvalue weighted by Crippen LogP contribution is 2.20. The summed E-state index contributed by atoms with van der Waals surface area (Å²) >= 11 is 0.815. The molecule has 7 heteroatoms. The lowest BCUT2D eigenvalue weighted by molar-refractivity contribution is -0.148. The summed E-state index contributed by atoms with van der Waals surface area (Å²) in [4.78, 5) is 22.8. The van der Waals surface area contributed by atoms with E-state index < -0.39 is 22.5 Å². The highest BCUT2D eigenvalue weighted by Gasteiger charge is 2.28. The first-order valence-electron chi connectivity index (χ1n) is 5.37. The first kappa shape index (κ1) is 14.7. The summed E-state index contributed by atoms with van der Waals surface area (Å²) < 4.78 is 11.1. The first-order chi connectivity index (χ1) is 8.26. The van der Waals surface area contributed by atoms with E-state index in [1.54, 1.807) is 0 Å².